The number of nitrogens with one attached hydrogen (secondary N) is 1. The third kappa shape index (κ3) is 3.88. The molecular weight excluding hydrogens is 242 g/mol. The van der Waals surface area contributed by atoms with Gasteiger partial charge in [0.2, 0.25) is 0 Å². The second-order valence-electron chi connectivity index (χ2n) is 4.90. The lowest BCUT2D eigenvalue weighted by Crippen LogP contribution is -2.27. The lowest BCUT2D eigenvalue weighted by atomic mass is 10.1. The first-order valence-corrected chi connectivity index (χ1v) is 6.93. The van der Waals surface area contributed by atoms with E-state index in [0.717, 1.165) is 18.7 Å². The number of rotatable bonds is 6. The van der Waals surface area contributed by atoms with Crippen molar-refractivity contribution < 1.29 is 9.47 Å². The number of fused-ring (bicyclic) bond motifs is 1. The quantitative estimate of drug-likeness (QED) is 0.795. The summed E-state index contributed by atoms with van der Waals surface area (Å²) in [4.78, 5) is 8.80. The summed E-state index contributed by atoms with van der Waals surface area (Å²) >= 11 is 0. The molecule has 0 saturated carbocycles. The van der Waals surface area contributed by atoms with Crippen molar-refractivity contribution in [1.29, 1.82) is 0 Å². The van der Waals surface area contributed by atoms with Crippen LogP contribution in [-0.4, -0.2) is 43.4 Å². The molecule has 1 aliphatic carbocycles. The smallest absolute Gasteiger partial charge is 0.132 e. The average Bonchev–Trinajstić information content (AvgIpc) is 2.69. The second kappa shape index (κ2) is 7.40. The molecule has 1 aromatic heterocycles. The number of aromatic nitrogens is 2. The number of aryl methyl sites for hydroxylation is 1. The Morgan fingerprint density at radius 1 is 1.21 bits per heavy atom. The lowest BCUT2D eigenvalue weighted by molar-refractivity contribution is 0.0365. The van der Waals surface area contributed by atoms with Gasteiger partial charge in [-0.25, -0.2) is 9.97 Å². The summed E-state index contributed by atoms with van der Waals surface area (Å²) in [6, 6.07) is 0. The Labute approximate surface area is 114 Å². The van der Waals surface area contributed by atoms with E-state index in [0.29, 0.717) is 13.2 Å². The van der Waals surface area contributed by atoms with Gasteiger partial charge in [-0.2, -0.15) is 0 Å². The van der Waals surface area contributed by atoms with E-state index in [4.69, 9.17) is 9.47 Å². The number of methoxy groups -OCH3 is 2. The highest BCUT2D eigenvalue weighted by molar-refractivity contribution is 5.46. The minimum Gasteiger partial charge on any atom is -0.382 e. The Balaban J connectivity index is 2.03. The molecule has 1 heterocycles. The summed E-state index contributed by atoms with van der Waals surface area (Å²) in [6.45, 7) is 1.28. The molecule has 2 rings (SSSR count). The number of anilines is 1. The van der Waals surface area contributed by atoms with E-state index in [1.54, 1.807) is 20.5 Å². The Morgan fingerprint density at radius 2 is 2.05 bits per heavy atom. The van der Waals surface area contributed by atoms with Crippen LogP contribution in [0.5, 0.6) is 0 Å². The van der Waals surface area contributed by atoms with Gasteiger partial charge in [0.15, 0.2) is 0 Å². The van der Waals surface area contributed by atoms with Gasteiger partial charge < -0.3 is 14.8 Å². The molecule has 0 saturated heterocycles. The Morgan fingerprint density at radius 3 is 2.84 bits per heavy atom. The van der Waals surface area contributed by atoms with E-state index >= 15 is 0 Å². The normalized spacial score (nSPS) is 16.5. The van der Waals surface area contributed by atoms with Gasteiger partial charge in [0, 0.05) is 32.0 Å². The van der Waals surface area contributed by atoms with Crippen LogP contribution in [0.1, 0.15) is 30.5 Å². The minimum absolute atomic E-state index is 0.0430. The number of nitrogens with zero attached hydrogens (tertiary/aromatic N) is 2. The van der Waals surface area contributed by atoms with E-state index in [1.165, 1.54) is 30.5 Å². The molecule has 106 valence electrons. The molecular formula is C14H23N3O2. The summed E-state index contributed by atoms with van der Waals surface area (Å²) in [7, 11) is 3.38. The zero-order valence-electron chi connectivity index (χ0n) is 11.8. The molecule has 0 spiro atoms. The predicted molar refractivity (Wildman–Crippen MR) is 74.5 cm³/mol. The molecule has 5 nitrogen and oxygen atoms in total. The molecule has 5 heteroatoms. The van der Waals surface area contributed by atoms with Gasteiger partial charge in [-0.3, -0.25) is 0 Å². The van der Waals surface area contributed by atoms with Gasteiger partial charge in [-0.15, -0.1) is 0 Å². The highest BCUT2D eigenvalue weighted by atomic mass is 16.5. The topological polar surface area (TPSA) is 56.3 Å². The maximum absolute atomic E-state index is 5.35. The van der Waals surface area contributed by atoms with Crippen LogP contribution in [-0.2, 0) is 22.3 Å². The fourth-order valence-electron chi connectivity index (χ4n) is 2.46. The van der Waals surface area contributed by atoms with Crippen LogP contribution in [0.25, 0.3) is 0 Å². The molecule has 1 N–H and O–H groups in total. The maximum atomic E-state index is 5.35. The SMILES string of the molecule is COCC(CNc1ncnc2c1CCCCC2)OC. The van der Waals surface area contributed by atoms with Gasteiger partial charge in [-0.1, -0.05) is 6.42 Å². The van der Waals surface area contributed by atoms with Crippen LogP contribution < -0.4 is 5.32 Å². The molecule has 0 aliphatic heterocycles. The van der Waals surface area contributed by atoms with Crippen LogP contribution in [0.15, 0.2) is 6.33 Å². The summed E-state index contributed by atoms with van der Waals surface area (Å²) in [5.41, 5.74) is 2.49. The first-order chi connectivity index (χ1) is 9.35. The molecule has 1 aliphatic rings. The third-order valence-electron chi connectivity index (χ3n) is 3.56. The van der Waals surface area contributed by atoms with Crippen molar-refractivity contribution in [2.24, 2.45) is 0 Å². The zero-order valence-corrected chi connectivity index (χ0v) is 11.8. The van der Waals surface area contributed by atoms with E-state index in [9.17, 15) is 0 Å². The first-order valence-electron chi connectivity index (χ1n) is 6.93. The molecule has 0 bridgehead atoms. The van der Waals surface area contributed by atoms with Gasteiger partial charge >= 0.3 is 0 Å². The van der Waals surface area contributed by atoms with Crippen LogP contribution >= 0.6 is 0 Å². The van der Waals surface area contributed by atoms with Crippen LogP contribution in [0.4, 0.5) is 5.82 Å². The molecule has 1 aromatic rings. The highest BCUT2D eigenvalue weighted by Gasteiger charge is 2.15. The van der Waals surface area contributed by atoms with Crippen LogP contribution in [0.2, 0.25) is 0 Å². The van der Waals surface area contributed by atoms with Crippen molar-refractivity contribution in [3.63, 3.8) is 0 Å². The number of hydrogen-bond donors (Lipinski definition) is 1. The Kier molecular flexibility index (Phi) is 5.54. The van der Waals surface area contributed by atoms with E-state index in [2.05, 4.69) is 15.3 Å². The van der Waals surface area contributed by atoms with Gasteiger partial charge in [0.05, 0.1) is 12.7 Å². The van der Waals surface area contributed by atoms with Crippen molar-refractivity contribution in [1.82, 2.24) is 9.97 Å². The number of hydrogen-bond acceptors (Lipinski definition) is 5. The largest absolute Gasteiger partial charge is 0.382 e. The van der Waals surface area contributed by atoms with Gasteiger partial charge in [0.1, 0.15) is 12.1 Å². The van der Waals surface area contributed by atoms with E-state index < -0.39 is 0 Å². The second-order valence-corrected chi connectivity index (χ2v) is 4.90. The lowest BCUT2D eigenvalue weighted by Gasteiger charge is -2.17. The third-order valence-corrected chi connectivity index (χ3v) is 3.56. The molecule has 0 aromatic carbocycles. The van der Waals surface area contributed by atoms with E-state index in [1.807, 2.05) is 0 Å². The fraction of sp³-hybridized carbons (Fsp3) is 0.714. The summed E-state index contributed by atoms with van der Waals surface area (Å²) in [5.74, 6) is 0.963. The summed E-state index contributed by atoms with van der Waals surface area (Å²) in [6.07, 6.45) is 7.57. The molecule has 19 heavy (non-hydrogen) atoms. The average molecular weight is 265 g/mol. The zero-order chi connectivity index (χ0) is 13.5. The van der Waals surface area contributed by atoms with Crippen molar-refractivity contribution in [2.45, 2.75) is 38.2 Å². The minimum atomic E-state index is 0.0430. The van der Waals surface area contributed by atoms with Crippen molar-refractivity contribution in [2.75, 3.05) is 32.7 Å². The van der Waals surface area contributed by atoms with Crippen molar-refractivity contribution in [3.8, 4) is 0 Å². The molecule has 0 radical (unpaired) electrons. The summed E-state index contributed by atoms with van der Waals surface area (Å²) < 4.78 is 10.5. The summed E-state index contributed by atoms with van der Waals surface area (Å²) in [5, 5.41) is 3.38. The Hall–Kier alpha value is -1.20. The molecule has 1 atom stereocenters. The highest BCUT2D eigenvalue weighted by Crippen LogP contribution is 2.23. The predicted octanol–water partition coefficient (Wildman–Crippen LogP) is 1.82. The van der Waals surface area contributed by atoms with Gasteiger partial charge in [0.25, 0.3) is 0 Å². The van der Waals surface area contributed by atoms with E-state index in [-0.39, 0.29) is 6.10 Å². The Bertz CT molecular complexity index is 398. The van der Waals surface area contributed by atoms with Crippen molar-refractivity contribution in [3.05, 3.63) is 17.6 Å². The first kappa shape index (κ1) is 14.2. The fourth-order valence-corrected chi connectivity index (χ4v) is 2.46. The molecule has 0 fully saturated rings. The molecule has 0 amide bonds. The van der Waals surface area contributed by atoms with Crippen molar-refractivity contribution >= 4 is 5.82 Å². The molecule has 1 unspecified atom stereocenters. The maximum Gasteiger partial charge on any atom is 0.132 e. The van der Waals surface area contributed by atoms with Crippen LogP contribution in [0.3, 0.4) is 0 Å². The monoisotopic (exact) mass is 265 g/mol. The standard InChI is InChI=1S/C14H23N3O2/c1-18-9-11(19-2)8-15-14-12-6-4-3-5-7-13(12)16-10-17-14/h10-11H,3-9H2,1-2H3,(H,15,16,17). The van der Waals surface area contributed by atoms with Gasteiger partial charge in [-0.05, 0) is 25.7 Å². The van der Waals surface area contributed by atoms with Crippen LogP contribution in [0, 0.1) is 0 Å². The number of ether oxygens (including phenoxy) is 2.